The molecule has 0 aromatic carbocycles. The highest BCUT2D eigenvalue weighted by Crippen LogP contribution is 2.17. The van der Waals surface area contributed by atoms with Crippen molar-refractivity contribution in [3.8, 4) is 0 Å². The molecule has 1 aromatic rings. The molecule has 7 heteroatoms. The predicted octanol–water partition coefficient (Wildman–Crippen LogP) is 1.13. The zero-order valence-corrected chi connectivity index (χ0v) is 11.9. The Morgan fingerprint density at radius 3 is 2.90 bits per heavy atom. The van der Waals surface area contributed by atoms with E-state index in [-0.39, 0.29) is 12.5 Å². The van der Waals surface area contributed by atoms with Crippen molar-refractivity contribution < 1.29 is 24.2 Å². The number of hydrogen-bond donors (Lipinski definition) is 2. The van der Waals surface area contributed by atoms with Crippen molar-refractivity contribution in [2.24, 2.45) is 0 Å². The molecule has 6 nitrogen and oxygen atoms in total. The maximum absolute atomic E-state index is 11.4. The van der Waals surface area contributed by atoms with Crippen LogP contribution in [0.5, 0.6) is 0 Å². The number of ether oxygens (including phenoxy) is 2. The molecule has 0 unspecified atom stereocenters. The minimum atomic E-state index is -0.985. The number of thiophene rings is 1. The number of amides is 1. The van der Waals surface area contributed by atoms with Crippen LogP contribution in [0.15, 0.2) is 18.2 Å². The molecule has 0 fully saturated rings. The number of methoxy groups -OCH3 is 1. The Hall–Kier alpha value is -1.70. The third-order valence-electron chi connectivity index (χ3n) is 2.20. The van der Waals surface area contributed by atoms with Gasteiger partial charge < -0.3 is 19.9 Å². The molecular formula is C13H17NO5S. The van der Waals surface area contributed by atoms with E-state index in [0.717, 1.165) is 15.8 Å². The van der Waals surface area contributed by atoms with Gasteiger partial charge in [-0.05, 0) is 18.2 Å². The van der Waals surface area contributed by atoms with Gasteiger partial charge in [-0.1, -0.05) is 0 Å². The fraction of sp³-hybridized carbons (Fsp3) is 0.385. The van der Waals surface area contributed by atoms with Gasteiger partial charge in [0.1, 0.15) is 6.61 Å². The lowest BCUT2D eigenvalue weighted by molar-refractivity contribution is -0.131. The first-order valence-corrected chi connectivity index (χ1v) is 6.76. The number of carbonyl (C=O) groups excluding carboxylic acids is 1. The van der Waals surface area contributed by atoms with Crippen molar-refractivity contribution in [2.75, 3.05) is 26.9 Å². The van der Waals surface area contributed by atoms with E-state index in [0.29, 0.717) is 19.8 Å². The largest absolute Gasteiger partial charge is 0.478 e. The zero-order chi connectivity index (χ0) is 14.8. The Balaban J connectivity index is 2.28. The second-order valence-corrected chi connectivity index (χ2v) is 5.00. The molecule has 0 aliphatic carbocycles. The van der Waals surface area contributed by atoms with E-state index >= 15 is 0 Å². The Kier molecular flexibility index (Phi) is 7.56. The van der Waals surface area contributed by atoms with Crippen LogP contribution in [0.1, 0.15) is 9.75 Å². The lowest BCUT2D eigenvalue weighted by Gasteiger charge is -2.04. The molecule has 0 atom stereocenters. The van der Waals surface area contributed by atoms with Crippen LogP contribution in [0.2, 0.25) is 0 Å². The minimum Gasteiger partial charge on any atom is -0.478 e. The summed E-state index contributed by atoms with van der Waals surface area (Å²) in [5, 5.41) is 11.2. The summed E-state index contributed by atoms with van der Waals surface area (Å²) in [6, 6.07) is 3.65. The summed E-state index contributed by atoms with van der Waals surface area (Å²) in [5.41, 5.74) is 0. The van der Waals surface area contributed by atoms with Gasteiger partial charge in [0, 0.05) is 22.9 Å². The van der Waals surface area contributed by atoms with Gasteiger partial charge in [-0.25, -0.2) is 4.79 Å². The monoisotopic (exact) mass is 299 g/mol. The van der Waals surface area contributed by atoms with Gasteiger partial charge in [0.15, 0.2) is 0 Å². The molecule has 0 spiro atoms. The molecular weight excluding hydrogens is 282 g/mol. The first kappa shape index (κ1) is 16.4. The molecule has 1 rings (SSSR count). The Bertz CT molecular complexity index is 469. The van der Waals surface area contributed by atoms with Crippen LogP contribution < -0.4 is 5.32 Å². The van der Waals surface area contributed by atoms with Gasteiger partial charge in [0.2, 0.25) is 5.91 Å². The molecule has 0 bridgehead atoms. The average molecular weight is 299 g/mol. The van der Waals surface area contributed by atoms with Gasteiger partial charge in [-0.3, -0.25) is 4.79 Å². The second-order valence-electron chi connectivity index (χ2n) is 3.80. The van der Waals surface area contributed by atoms with Gasteiger partial charge in [-0.15, -0.1) is 11.3 Å². The van der Waals surface area contributed by atoms with E-state index in [1.165, 1.54) is 17.4 Å². The van der Waals surface area contributed by atoms with E-state index in [1.54, 1.807) is 13.2 Å². The fourth-order valence-corrected chi connectivity index (χ4v) is 2.13. The summed E-state index contributed by atoms with van der Waals surface area (Å²) in [4.78, 5) is 23.6. The Morgan fingerprint density at radius 2 is 2.20 bits per heavy atom. The van der Waals surface area contributed by atoms with Crippen molar-refractivity contribution in [2.45, 2.75) is 6.54 Å². The van der Waals surface area contributed by atoms with Crippen LogP contribution >= 0.6 is 11.3 Å². The summed E-state index contributed by atoms with van der Waals surface area (Å²) < 4.78 is 9.88. The maximum atomic E-state index is 11.4. The Morgan fingerprint density at radius 1 is 1.40 bits per heavy atom. The summed E-state index contributed by atoms with van der Waals surface area (Å²) in [6.45, 7) is 1.24. The van der Waals surface area contributed by atoms with Crippen LogP contribution in [-0.2, 0) is 25.6 Å². The number of carbonyl (C=O) groups is 2. The highest BCUT2D eigenvalue weighted by Gasteiger charge is 2.03. The summed E-state index contributed by atoms with van der Waals surface area (Å²) in [7, 11) is 1.57. The summed E-state index contributed by atoms with van der Waals surface area (Å²) in [6.07, 6.45) is 2.60. The summed E-state index contributed by atoms with van der Waals surface area (Å²) in [5.74, 6) is -1.18. The zero-order valence-electron chi connectivity index (χ0n) is 11.1. The van der Waals surface area contributed by atoms with Crippen LogP contribution in [0.4, 0.5) is 0 Å². The number of carboxylic acids is 1. The van der Waals surface area contributed by atoms with Crippen molar-refractivity contribution in [3.05, 3.63) is 28.0 Å². The normalized spacial score (nSPS) is 10.8. The molecule has 0 aliphatic rings. The molecule has 0 saturated heterocycles. The highest BCUT2D eigenvalue weighted by atomic mass is 32.1. The topological polar surface area (TPSA) is 84.9 Å². The average Bonchev–Trinajstić information content (AvgIpc) is 2.87. The Labute approximate surface area is 121 Å². The van der Waals surface area contributed by atoms with Crippen molar-refractivity contribution in [1.82, 2.24) is 5.32 Å². The maximum Gasteiger partial charge on any atom is 0.328 e. The molecule has 0 aliphatic heterocycles. The molecule has 1 heterocycles. The van der Waals surface area contributed by atoms with Gasteiger partial charge >= 0.3 is 5.97 Å². The van der Waals surface area contributed by atoms with Crippen LogP contribution in [0, 0.1) is 0 Å². The lowest BCUT2D eigenvalue weighted by Crippen LogP contribution is -2.27. The quantitative estimate of drug-likeness (QED) is 0.527. The van der Waals surface area contributed by atoms with Gasteiger partial charge in [-0.2, -0.15) is 0 Å². The smallest absolute Gasteiger partial charge is 0.328 e. The van der Waals surface area contributed by atoms with E-state index in [2.05, 4.69) is 5.32 Å². The molecule has 110 valence electrons. The van der Waals surface area contributed by atoms with Crippen molar-refractivity contribution in [3.63, 3.8) is 0 Å². The van der Waals surface area contributed by atoms with Crippen molar-refractivity contribution in [1.29, 1.82) is 0 Å². The van der Waals surface area contributed by atoms with E-state index < -0.39 is 5.97 Å². The van der Waals surface area contributed by atoms with Gasteiger partial charge in [0.25, 0.3) is 0 Å². The van der Waals surface area contributed by atoms with E-state index in [1.807, 2.05) is 6.07 Å². The number of rotatable bonds is 9. The molecule has 20 heavy (non-hydrogen) atoms. The third-order valence-corrected chi connectivity index (χ3v) is 3.25. The van der Waals surface area contributed by atoms with Crippen LogP contribution in [-0.4, -0.2) is 43.9 Å². The van der Waals surface area contributed by atoms with Crippen molar-refractivity contribution >= 4 is 29.3 Å². The first-order valence-electron chi connectivity index (χ1n) is 5.95. The van der Waals surface area contributed by atoms with E-state index in [4.69, 9.17) is 14.6 Å². The molecule has 0 saturated carbocycles. The third kappa shape index (κ3) is 7.03. The van der Waals surface area contributed by atoms with Gasteiger partial charge in [0.05, 0.1) is 19.8 Å². The molecule has 1 amide bonds. The molecule has 2 N–H and O–H groups in total. The minimum absolute atomic E-state index is 0.000505. The molecule has 1 aromatic heterocycles. The van der Waals surface area contributed by atoms with Crippen LogP contribution in [0.3, 0.4) is 0 Å². The fourth-order valence-electron chi connectivity index (χ4n) is 1.28. The number of carboxylic acid groups (broad SMARTS) is 1. The predicted molar refractivity (Wildman–Crippen MR) is 75.5 cm³/mol. The second kappa shape index (κ2) is 9.24. The van der Waals surface area contributed by atoms with Crippen LogP contribution in [0.25, 0.3) is 6.08 Å². The number of hydrogen-bond acceptors (Lipinski definition) is 5. The number of aliphatic carboxylic acids is 1. The summed E-state index contributed by atoms with van der Waals surface area (Å²) >= 11 is 1.42. The lowest BCUT2D eigenvalue weighted by atomic mass is 10.4. The number of nitrogens with one attached hydrogen (secondary N) is 1. The highest BCUT2D eigenvalue weighted by molar-refractivity contribution is 7.12. The SMILES string of the molecule is COCCOCC(=O)NCc1ccc(/C=C/C(=O)O)s1. The standard InChI is InChI=1S/C13H17NO5S/c1-18-6-7-19-9-12(15)14-8-11-3-2-10(20-11)4-5-13(16)17/h2-5H,6-9H2,1H3,(H,14,15)(H,16,17)/b5-4+. The first-order chi connectivity index (χ1) is 9.61. The molecule has 0 radical (unpaired) electrons. The van der Waals surface area contributed by atoms with E-state index in [9.17, 15) is 9.59 Å².